The van der Waals surface area contributed by atoms with Crippen LogP contribution in [0.25, 0.3) is 0 Å². The molecule has 1 aliphatic rings. The van der Waals surface area contributed by atoms with E-state index in [0.717, 1.165) is 18.6 Å². The molecule has 1 aromatic rings. The number of ether oxygens (including phenoxy) is 2. The second-order valence-electron chi connectivity index (χ2n) is 4.22. The fraction of sp³-hybridized carbons (Fsp3) is 0.455. The van der Waals surface area contributed by atoms with Gasteiger partial charge in [0.25, 0.3) is 0 Å². The van der Waals surface area contributed by atoms with Crippen LogP contribution in [-0.2, 0) is 4.74 Å². The van der Waals surface area contributed by atoms with E-state index < -0.39 is 18.3 Å². The molecule has 100 valence electrons. The number of hydrogen-bond donors (Lipinski definition) is 0. The molecule has 1 heterocycles. The SMILES string of the molecule is Fc1ccc([B-](F)(F)F)cc1OC1CCCOC1.[K+]. The molecule has 0 saturated carbocycles. The Labute approximate surface area is 151 Å². The Morgan fingerprint density at radius 3 is 2.58 bits per heavy atom. The zero-order chi connectivity index (χ0) is 13.2. The maximum absolute atomic E-state index is 13.4. The zero-order valence-corrected chi connectivity index (χ0v) is 13.7. The minimum atomic E-state index is -5.15. The summed E-state index contributed by atoms with van der Waals surface area (Å²) in [4.78, 5) is 0. The van der Waals surface area contributed by atoms with Crippen LogP contribution in [0.2, 0.25) is 0 Å². The van der Waals surface area contributed by atoms with Gasteiger partial charge in [-0.25, -0.2) is 4.39 Å². The number of halogens is 4. The molecule has 0 N–H and O–H groups in total. The molecule has 1 fully saturated rings. The van der Waals surface area contributed by atoms with Crippen LogP contribution < -0.4 is 61.6 Å². The molecule has 0 aliphatic carbocycles. The van der Waals surface area contributed by atoms with Gasteiger partial charge < -0.3 is 22.4 Å². The molecule has 2 nitrogen and oxygen atoms in total. The van der Waals surface area contributed by atoms with Gasteiger partial charge in [0.2, 0.25) is 0 Å². The molecule has 1 unspecified atom stereocenters. The van der Waals surface area contributed by atoms with E-state index >= 15 is 0 Å². The van der Waals surface area contributed by atoms with Crippen LogP contribution in [0.15, 0.2) is 18.2 Å². The summed E-state index contributed by atoms with van der Waals surface area (Å²) in [6, 6.07) is 2.22. The molecule has 0 amide bonds. The van der Waals surface area contributed by atoms with Crippen LogP contribution >= 0.6 is 0 Å². The monoisotopic (exact) mass is 302 g/mol. The van der Waals surface area contributed by atoms with Crippen molar-refractivity contribution in [1.82, 2.24) is 0 Å². The maximum Gasteiger partial charge on any atom is 1.00 e. The van der Waals surface area contributed by atoms with E-state index in [1.807, 2.05) is 0 Å². The Kier molecular flexibility index (Phi) is 6.82. The second kappa shape index (κ2) is 7.42. The molecule has 1 aliphatic heterocycles. The van der Waals surface area contributed by atoms with Crippen LogP contribution in [0.4, 0.5) is 17.3 Å². The first-order valence-electron chi connectivity index (χ1n) is 5.70. The summed E-state index contributed by atoms with van der Waals surface area (Å²) in [5.41, 5.74) is -0.858. The van der Waals surface area contributed by atoms with Gasteiger partial charge in [-0.1, -0.05) is 6.07 Å². The van der Waals surface area contributed by atoms with Crippen molar-refractivity contribution in [1.29, 1.82) is 0 Å². The number of benzene rings is 1. The summed E-state index contributed by atoms with van der Waals surface area (Å²) < 4.78 is 61.4. The first kappa shape index (κ1) is 17.5. The Balaban J connectivity index is 0.00000180. The van der Waals surface area contributed by atoms with Crippen molar-refractivity contribution in [3.63, 3.8) is 0 Å². The molecule has 0 bridgehead atoms. The zero-order valence-electron chi connectivity index (χ0n) is 10.5. The van der Waals surface area contributed by atoms with Crippen molar-refractivity contribution in [2.24, 2.45) is 0 Å². The van der Waals surface area contributed by atoms with E-state index in [0.29, 0.717) is 19.1 Å². The number of hydrogen-bond acceptors (Lipinski definition) is 2. The Morgan fingerprint density at radius 2 is 2.00 bits per heavy atom. The largest absolute Gasteiger partial charge is 1.00 e. The minimum Gasteiger partial charge on any atom is -0.485 e. The van der Waals surface area contributed by atoms with Gasteiger partial charge in [0.1, 0.15) is 6.10 Å². The summed E-state index contributed by atoms with van der Waals surface area (Å²) in [7, 11) is 0. The van der Waals surface area contributed by atoms with E-state index in [-0.39, 0.29) is 69.8 Å². The third-order valence-corrected chi connectivity index (χ3v) is 2.75. The van der Waals surface area contributed by atoms with Crippen LogP contribution in [0.1, 0.15) is 12.8 Å². The average Bonchev–Trinajstić information content (AvgIpc) is 2.32. The van der Waals surface area contributed by atoms with Gasteiger partial charge in [0, 0.05) is 6.61 Å². The Morgan fingerprint density at radius 1 is 1.26 bits per heavy atom. The first-order chi connectivity index (χ1) is 8.47. The van der Waals surface area contributed by atoms with Gasteiger partial charge in [-0.15, -0.1) is 5.46 Å². The molecular formula is C11H12BF4KO2. The standard InChI is InChI=1S/C11H12BF4O2.K/c13-10-4-3-8(12(14,15)16)6-11(10)18-9-2-1-5-17-7-9;/h3-4,6,9H,1-2,5,7H2;/q-1;+1. The van der Waals surface area contributed by atoms with Crippen molar-refractivity contribution in [3.05, 3.63) is 24.0 Å². The van der Waals surface area contributed by atoms with Crippen LogP contribution in [-0.4, -0.2) is 26.3 Å². The molecule has 1 aromatic carbocycles. The summed E-state index contributed by atoms with van der Waals surface area (Å²) in [5, 5.41) is 0. The van der Waals surface area contributed by atoms with Gasteiger partial charge in [0.05, 0.1) is 6.61 Å². The second-order valence-corrected chi connectivity index (χ2v) is 4.22. The van der Waals surface area contributed by atoms with E-state index in [2.05, 4.69) is 0 Å². The average molecular weight is 302 g/mol. The smallest absolute Gasteiger partial charge is 0.485 e. The van der Waals surface area contributed by atoms with Gasteiger partial charge in [0.15, 0.2) is 11.6 Å². The first-order valence-corrected chi connectivity index (χ1v) is 5.70. The fourth-order valence-corrected chi connectivity index (χ4v) is 1.80. The van der Waals surface area contributed by atoms with Gasteiger partial charge in [-0.2, -0.15) is 0 Å². The van der Waals surface area contributed by atoms with Crippen molar-refractivity contribution in [2.75, 3.05) is 13.2 Å². The quantitative estimate of drug-likeness (QED) is 0.551. The third kappa shape index (κ3) is 5.02. The van der Waals surface area contributed by atoms with E-state index in [1.54, 1.807) is 0 Å². The minimum absolute atomic E-state index is 0. The predicted octanol–water partition coefficient (Wildman–Crippen LogP) is -0.558. The van der Waals surface area contributed by atoms with Gasteiger partial charge >= 0.3 is 58.4 Å². The molecule has 8 heteroatoms. The number of rotatable bonds is 3. The Bertz CT molecular complexity index is 422. The fourth-order valence-electron chi connectivity index (χ4n) is 1.80. The maximum atomic E-state index is 13.4. The van der Waals surface area contributed by atoms with Crippen molar-refractivity contribution < 1.29 is 78.2 Å². The van der Waals surface area contributed by atoms with Crippen molar-refractivity contribution >= 4 is 12.4 Å². The van der Waals surface area contributed by atoms with Crippen LogP contribution in [0.3, 0.4) is 0 Å². The molecular weight excluding hydrogens is 290 g/mol. The molecule has 0 radical (unpaired) electrons. The van der Waals surface area contributed by atoms with E-state index in [1.165, 1.54) is 0 Å². The third-order valence-electron chi connectivity index (χ3n) is 2.75. The summed E-state index contributed by atoms with van der Waals surface area (Å²) >= 11 is 0. The molecule has 1 atom stereocenters. The molecule has 1 saturated heterocycles. The topological polar surface area (TPSA) is 18.5 Å². The van der Waals surface area contributed by atoms with Crippen LogP contribution in [0.5, 0.6) is 5.75 Å². The van der Waals surface area contributed by atoms with Gasteiger partial charge in [-0.3, -0.25) is 0 Å². The van der Waals surface area contributed by atoms with Crippen LogP contribution in [0, 0.1) is 5.82 Å². The summed E-state index contributed by atoms with van der Waals surface area (Å²) in [6.45, 7) is -4.26. The van der Waals surface area contributed by atoms with Crippen molar-refractivity contribution in [3.8, 4) is 5.75 Å². The normalized spacial score (nSPS) is 19.7. The van der Waals surface area contributed by atoms with E-state index in [4.69, 9.17) is 9.47 Å². The molecule has 2 rings (SSSR count). The van der Waals surface area contributed by atoms with Crippen molar-refractivity contribution in [2.45, 2.75) is 18.9 Å². The predicted molar refractivity (Wildman–Crippen MR) is 59.6 cm³/mol. The molecule has 19 heavy (non-hydrogen) atoms. The van der Waals surface area contributed by atoms with E-state index in [9.17, 15) is 17.3 Å². The van der Waals surface area contributed by atoms with Gasteiger partial charge in [-0.05, 0) is 25.0 Å². The molecule has 0 spiro atoms. The molecule has 0 aromatic heterocycles. The summed E-state index contributed by atoms with van der Waals surface area (Å²) in [6.07, 6.45) is 1.03. The Hall–Kier alpha value is 0.401. The summed E-state index contributed by atoms with van der Waals surface area (Å²) in [5.74, 6) is -1.15.